The lowest BCUT2D eigenvalue weighted by Crippen LogP contribution is -2.37. The van der Waals surface area contributed by atoms with Gasteiger partial charge in [0, 0.05) is 40.0 Å². The van der Waals surface area contributed by atoms with Crippen LogP contribution >= 0.6 is 0 Å². The van der Waals surface area contributed by atoms with Crippen molar-refractivity contribution >= 4 is 17.8 Å². The van der Waals surface area contributed by atoms with E-state index in [9.17, 15) is 4.79 Å². The second kappa shape index (κ2) is 11.3. The summed E-state index contributed by atoms with van der Waals surface area (Å²) in [7, 11) is 0. The van der Waals surface area contributed by atoms with Crippen LogP contribution in [0.4, 0.5) is 0 Å². The van der Waals surface area contributed by atoms with E-state index in [2.05, 4.69) is 29.2 Å². The van der Waals surface area contributed by atoms with Crippen molar-refractivity contribution in [3.8, 4) is 0 Å². The molecule has 1 amide bonds. The van der Waals surface area contributed by atoms with Crippen molar-refractivity contribution in [2.75, 3.05) is 26.2 Å². The predicted octanol–water partition coefficient (Wildman–Crippen LogP) is 0.991. The Kier molecular flexibility index (Phi) is 9.46. The zero-order valence-corrected chi connectivity index (χ0v) is 15.9. The van der Waals surface area contributed by atoms with Crippen molar-refractivity contribution in [2.45, 2.75) is 33.4 Å². The molecule has 0 aliphatic carbocycles. The highest BCUT2D eigenvalue weighted by Crippen LogP contribution is 2.22. The number of amides is 1. The first-order valence-electron chi connectivity index (χ1n) is 8.89. The molecule has 150 valence electrons. The Hall–Kier alpha value is -2.45. The average molecular weight is 379 g/mol. The van der Waals surface area contributed by atoms with Gasteiger partial charge in [-0.1, -0.05) is 24.3 Å². The average Bonchev–Trinajstić information content (AvgIpc) is 3.19. The molecule has 2 aliphatic heterocycles. The number of carboxylic acids is 2. The van der Waals surface area contributed by atoms with Crippen molar-refractivity contribution in [3.63, 3.8) is 0 Å². The number of hydrogen-bond donors (Lipinski definition) is 3. The van der Waals surface area contributed by atoms with Crippen molar-refractivity contribution in [2.24, 2.45) is 11.7 Å². The SMILES string of the molecule is CC(=O)O.CC(=O)O.NCC1CCN(C(=O)CN2Cc3ccccc3C2)C1. The van der Waals surface area contributed by atoms with Crippen LogP contribution in [0.25, 0.3) is 0 Å². The van der Waals surface area contributed by atoms with Crippen LogP contribution in [0, 0.1) is 5.92 Å². The van der Waals surface area contributed by atoms with Gasteiger partial charge in [-0.25, -0.2) is 0 Å². The molecule has 1 saturated heterocycles. The van der Waals surface area contributed by atoms with Gasteiger partial charge in [0.25, 0.3) is 11.9 Å². The van der Waals surface area contributed by atoms with E-state index in [0.29, 0.717) is 19.0 Å². The minimum Gasteiger partial charge on any atom is -0.481 e. The summed E-state index contributed by atoms with van der Waals surface area (Å²) < 4.78 is 0. The minimum absolute atomic E-state index is 0.253. The number of aliphatic carboxylic acids is 2. The molecule has 1 aromatic carbocycles. The lowest BCUT2D eigenvalue weighted by molar-refractivity contribution is -0.135. The number of likely N-dealkylation sites (tertiary alicyclic amines) is 1. The lowest BCUT2D eigenvalue weighted by Gasteiger charge is -2.20. The molecule has 0 spiro atoms. The summed E-state index contributed by atoms with van der Waals surface area (Å²) in [5.74, 6) is -0.913. The number of carbonyl (C=O) groups excluding carboxylic acids is 1. The predicted molar refractivity (Wildman–Crippen MR) is 101 cm³/mol. The van der Waals surface area contributed by atoms with Gasteiger partial charge in [-0.2, -0.15) is 0 Å². The summed E-state index contributed by atoms with van der Waals surface area (Å²) >= 11 is 0. The fraction of sp³-hybridized carbons (Fsp3) is 0.526. The number of carbonyl (C=O) groups is 3. The maximum absolute atomic E-state index is 12.3. The Morgan fingerprint density at radius 2 is 1.56 bits per heavy atom. The van der Waals surface area contributed by atoms with Gasteiger partial charge in [0.1, 0.15) is 0 Å². The van der Waals surface area contributed by atoms with Gasteiger partial charge < -0.3 is 20.8 Å². The lowest BCUT2D eigenvalue weighted by atomic mass is 10.1. The molecule has 2 heterocycles. The zero-order valence-electron chi connectivity index (χ0n) is 15.9. The summed E-state index contributed by atoms with van der Waals surface area (Å²) in [6.45, 7) is 6.91. The van der Waals surface area contributed by atoms with Crippen molar-refractivity contribution in [3.05, 3.63) is 35.4 Å². The highest BCUT2D eigenvalue weighted by Gasteiger charge is 2.27. The van der Waals surface area contributed by atoms with E-state index in [-0.39, 0.29) is 5.91 Å². The number of nitrogens with zero attached hydrogens (tertiary/aromatic N) is 2. The van der Waals surface area contributed by atoms with Crippen LogP contribution in [-0.4, -0.2) is 64.0 Å². The Morgan fingerprint density at radius 3 is 1.96 bits per heavy atom. The van der Waals surface area contributed by atoms with E-state index in [0.717, 1.165) is 46.4 Å². The number of carboxylic acid groups (broad SMARTS) is 2. The molecular weight excluding hydrogens is 350 g/mol. The van der Waals surface area contributed by atoms with Crippen LogP contribution in [0.3, 0.4) is 0 Å². The number of hydrogen-bond acceptors (Lipinski definition) is 5. The topological polar surface area (TPSA) is 124 Å². The van der Waals surface area contributed by atoms with E-state index >= 15 is 0 Å². The van der Waals surface area contributed by atoms with Crippen LogP contribution in [0.2, 0.25) is 0 Å². The molecule has 4 N–H and O–H groups in total. The van der Waals surface area contributed by atoms with E-state index in [1.165, 1.54) is 11.1 Å². The second-order valence-corrected chi connectivity index (χ2v) is 6.68. The summed E-state index contributed by atoms with van der Waals surface area (Å²) in [6.07, 6.45) is 1.06. The first-order chi connectivity index (χ1) is 12.7. The fourth-order valence-corrected chi connectivity index (χ4v) is 3.06. The minimum atomic E-state index is -0.833. The van der Waals surface area contributed by atoms with Crippen molar-refractivity contribution in [1.82, 2.24) is 9.80 Å². The molecule has 1 fully saturated rings. The smallest absolute Gasteiger partial charge is 0.300 e. The van der Waals surface area contributed by atoms with Crippen LogP contribution in [0.15, 0.2) is 24.3 Å². The molecule has 0 radical (unpaired) electrons. The van der Waals surface area contributed by atoms with E-state index < -0.39 is 11.9 Å². The molecule has 1 aromatic rings. The Morgan fingerprint density at radius 1 is 1.07 bits per heavy atom. The molecule has 8 nitrogen and oxygen atoms in total. The largest absolute Gasteiger partial charge is 0.481 e. The monoisotopic (exact) mass is 379 g/mol. The van der Waals surface area contributed by atoms with Crippen LogP contribution in [-0.2, 0) is 27.5 Å². The van der Waals surface area contributed by atoms with Gasteiger partial charge in [0.05, 0.1) is 6.54 Å². The van der Waals surface area contributed by atoms with E-state index in [1.807, 2.05) is 4.90 Å². The molecule has 0 saturated carbocycles. The third kappa shape index (κ3) is 8.65. The maximum atomic E-state index is 12.3. The van der Waals surface area contributed by atoms with Crippen molar-refractivity contribution < 1.29 is 24.6 Å². The van der Waals surface area contributed by atoms with Crippen LogP contribution in [0.5, 0.6) is 0 Å². The van der Waals surface area contributed by atoms with Gasteiger partial charge in [0.2, 0.25) is 5.91 Å². The molecule has 3 rings (SSSR count). The maximum Gasteiger partial charge on any atom is 0.300 e. The molecule has 0 aromatic heterocycles. The highest BCUT2D eigenvalue weighted by atomic mass is 16.4. The number of fused-ring (bicyclic) bond motifs is 1. The highest BCUT2D eigenvalue weighted by molar-refractivity contribution is 5.78. The third-order valence-electron chi connectivity index (χ3n) is 4.24. The van der Waals surface area contributed by atoms with Gasteiger partial charge in [-0.3, -0.25) is 19.3 Å². The zero-order chi connectivity index (χ0) is 20.4. The first kappa shape index (κ1) is 22.6. The molecule has 8 heteroatoms. The number of benzene rings is 1. The standard InChI is InChI=1S/C15H21N3O.2C2H4O2/c16-7-12-5-6-18(8-12)15(19)11-17-9-13-3-1-2-4-14(13)10-17;2*1-2(3)4/h1-4,12H,5-11,16H2;2*1H3,(H,3,4). The first-order valence-corrected chi connectivity index (χ1v) is 8.89. The van der Waals surface area contributed by atoms with Crippen molar-refractivity contribution in [1.29, 1.82) is 0 Å². The van der Waals surface area contributed by atoms with Gasteiger partial charge in [-0.05, 0) is 30.0 Å². The molecule has 27 heavy (non-hydrogen) atoms. The normalized spacial score (nSPS) is 17.9. The molecule has 1 unspecified atom stereocenters. The molecule has 2 aliphatic rings. The molecule has 0 bridgehead atoms. The van der Waals surface area contributed by atoms with Crippen LogP contribution < -0.4 is 5.73 Å². The van der Waals surface area contributed by atoms with Crippen LogP contribution in [0.1, 0.15) is 31.4 Å². The second-order valence-electron chi connectivity index (χ2n) is 6.68. The van der Waals surface area contributed by atoms with E-state index in [1.54, 1.807) is 0 Å². The van der Waals surface area contributed by atoms with E-state index in [4.69, 9.17) is 25.5 Å². The number of rotatable bonds is 3. The number of nitrogens with two attached hydrogens (primary N) is 1. The quantitative estimate of drug-likeness (QED) is 0.715. The Bertz CT molecular complexity index is 605. The third-order valence-corrected chi connectivity index (χ3v) is 4.24. The molecular formula is C19H29N3O5. The Labute approximate surface area is 159 Å². The fourth-order valence-electron chi connectivity index (χ4n) is 3.06. The molecule has 1 atom stereocenters. The summed E-state index contributed by atoms with van der Waals surface area (Å²) in [4.78, 5) is 34.5. The van der Waals surface area contributed by atoms with Gasteiger partial charge in [-0.15, -0.1) is 0 Å². The summed E-state index contributed by atoms with van der Waals surface area (Å²) in [6, 6.07) is 8.44. The summed E-state index contributed by atoms with van der Waals surface area (Å²) in [5, 5.41) is 14.8. The summed E-state index contributed by atoms with van der Waals surface area (Å²) in [5.41, 5.74) is 8.38. The van der Waals surface area contributed by atoms with Gasteiger partial charge >= 0.3 is 0 Å². The Balaban J connectivity index is 0.000000390. The van der Waals surface area contributed by atoms with Gasteiger partial charge in [0.15, 0.2) is 0 Å².